The summed E-state index contributed by atoms with van der Waals surface area (Å²) in [5.74, 6) is -1.37. The fourth-order valence-corrected chi connectivity index (χ4v) is 17.5. The van der Waals surface area contributed by atoms with Crippen molar-refractivity contribution in [1.82, 2.24) is 0 Å². The number of hydrogen-bond acceptors (Lipinski definition) is 3. The lowest BCUT2D eigenvalue weighted by Gasteiger charge is -2.36. The van der Waals surface area contributed by atoms with Gasteiger partial charge in [-0.15, -0.1) is 0 Å². The maximum absolute atomic E-state index is 11.8. The van der Waals surface area contributed by atoms with Crippen molar-refractivity contribution in [3.63, 3.8) is 0 Å². The molecule has 0 spiro atoms. The Morgan fingerprint density at radius 1 is 0.647 bits per heavy atom. The van der Waals surface area contributed by atoms with Crippen LogP contribution in [0.2, 0.25) is 6.04 Å². The van der Waals surface area contributed by atoms with Crippen molar-refractivity contribution in [3.8, 4) is 0 Å². The van der Waals surface area contributed by atoms with Crippen molar-refractivity contribution in [3.05, 3.63) is 96.6 Å². The number of fused-ring (bicyclic) bond motifs is 6. The van der Waals surface area contributed by atoms with Gasteiger partial charge in [-0.3, -0.25) is 0 Å². The summed E-state index contributed by atoms with van der Waals surface area (Å²) in [6, 6.07) is 32.8. The minimum Gasteiger partial charge on any atom is -0.438 e. The summed E-state index contributed by atoms with van der Waals surface area (Å²) >= 11 is 0. The van der Waals surface area contributed by atoms with Crippen LogP contribution < -0.4 is 0 Å². The lowest BCUT2D eigenvalue weighted by molar-refractivity contribution is -0.127. The van der Waals surface area contributed by atoms with Gasteiger partial charge in [0.15, 0.2) is 14.3 Å². The third kappa shape index (κ3) is 3.11. The summed E-state index contributed by atoms with van der Waals surface area (Å²) in [4.78, 5) is 10.6. The van der Waals surface area contributed by atoms with Crippen LogP contribution in [0.25, 0.3) is 53.9 Å². The summed E-state index contributed by atoms with van der Waals surface area (Å²) < 4.78 is 6.20. The Morgan fingerprint density at radius 2 is 1.26 bits per heavy atom. The second kappa shape index (κ2) is 7.58. The van der Waals surface area contributed by atoms with Gasteiger partial charge in [-0.1, -0.05) is 60.7 Å². The molecule has 6 aromatic rings. The van der Waals surface area contributed by atoms with Gasteiger partial charge in [0.25, 0.3) is 0 Å². The van der Waals surface area contributed by atoms with Crippen molar-refractivity contribution < 1.29 is 14.3 Å². The van der Waals surface area contributed by atoms with Gasteiger partial charge in [-0.2, -0.15) is 0 Å². The quantitative estimate of drug-likeness (QED) is 0.207. The van der Waals surface area contributed by atoms with Gasteiger partial charge in [-0.25, -0.2) is 0 Å². The molecule has 2 atom stereocenters. The molecule has 3 nitrogen and oxygen atoms in total. The standard InChI is InChI=1S/C28H24O3Si3/c29-28(16-34(30)33-32-31-28)27-23-8-4-3-7-19(23)14-26-24(27)10-9-20-13-21-11-17-5-1-2-6-18(17)12-22(21)15-25(20)26/h1-15,29-30,34H,16,32-33H2. The highest BCUT2D eigenvalue weighted by atomic mass is 29.6. The SMILES string of the molecule is O[SiH]1CC(O)(c2c3ccccc3cc3c2ccc2cc4cc5ccccc5cc4cc23)O[SiH2][SiH2]1. The predicted octanol–water partition coefficient (Wildman–Crippen LogP) is 4.01. The highest BCUT2D eigenvalue weighted by Crippen LogP contribution is 2.42. The molecule has 166 valence electrons. The van der Waals surface area contributed by atoms with Crippen LogP contribution in [0.5, 0.6) is 0 Å². The molecule has 1 fully saturated rings. The van der Waals surface area contributed by atoms with Crippen molar-refractivity contribution >= 4 is 80.3 Å². The van der Waals surface area contributed by atoms with E-state index in [-0.39, 0.29) is 0 Å². The number of benzene rings is 6. The minimum atomic E-state index is -1.83. The molecule has 2 unspecified atom stereocenters. The zero-order chi connectivity index (χ0) is 22.9. The second-order valence-electron chi connectivity index (χ2n) is 9.53. The van der Waals surface area contributed by atoms with E-state index in [1.54, 1.807) is 0 Å². The van der Waals surface area contributed by atoms with Gasteiger partial charge in [-0.05, 0) is 84.2 Å². The zero-order valence-corrected chi connectivity index (χ0v) is 22.6. The molecular formula is C28H24O3Si3. The van der Waals surface area contributed by atoms with Crippen molar-refractivity contribution in [2.75, 3.05) is 0 Å². The molecule has 2 N–H and O–H groups in total. The van der Waals surface area contributed by atoms with E-state index in [0.29, 0.717) is 6.04 Å². The first-order valence-electron chi connectivity index (χ1n) is 11.8. The van der Waals surface area contributed by atoms with Gasteiger partial charge in [0, 0.05) is 11.6 Å². The Kier molecular flexibility index (Phi) is 4.57. The highest BCUT2D eigenvalue weighted by molar-refractivity contribution is 7.32. The molecular weight excluding hydrogens is 469 g/mol. The second-order valence-corrected chi connectivity index (χ2v) is 23.5. The number of hydrogen-bond donors (Lipinski definition) is 2. The first-order valence-corrected chi connectivity index (χ1v) is 21.0. The molecule has 0 aliphatic carbocycles. The summed E-state index contributed by atoms with van der Waals surface area (Å²) in [7, 11) is -3.11. The molecule has 1 aliphatic heterocycles. The highest BCUT2D eigenvalue weighted by Gasteiger charge is 2.40. The third-order valence-corrected chi connectivity index (χ3v) is 22.3. The van der Waals surface area contributed by atoms with Crippen LogP contribution >= 0.6 is 0 Å². The summed E-state index contributed by atoms with van der Waals surface area (Å²) in [5, 5.41) is 23.3. The fourth-order valence-electron chi connectivity index (χ4n) is 5.75. The zero-order valence-electron chi connectivity index (χ0n) is 18.7. The smallest absolute Gasteiger partial charge is 0.182 e. The molecule has 0 bridgehead atoms. The van der Waals surface area contributed by atoms with E-state index in [9.17, 15) is 9.90 Å². The normalized spacial score (nSPS) is 22.6. The van der Waals surface area contributed by atoms with E-state index >= 15 is 0 Å². The molecule has 1 saturated heterocycles. The Morgan fingerprint density at radius 3 is 2.03 bits per heavy atom. The molecule has 0 saturated carbocycles. The lowest BCUT2D eigenvalue weighted by Crippen LogP contribution is -2.47. The molecule has 1 heterocycles. The van der Waals surface area contributed by atoms with Crippen LogP contribution in [0.15, 0.2) is 91.0 Å². The van der Waals surface area contributed by atoms with Crippen molar-refractivity contribution in [1.29, 1.82) is 0 Å². The van der Waals surface area contributed by atoms with E-state index in [1.807, 2.05) is 12.1 Å². The summed E-state index contributed by atoms with van der Waals surface area (Å²) in [6.07, 6.45) is 0. The Labute approximate surface area is 202 Å². The topological polar surface area (TPSA) is 49.7 Å². The third-order valence-electron chi connectivity index (χ3n) is 7.38. The molecule has 0 amide bonds. The van der Waals surface area contributed by atoms with E-state index < -0.39 is 32.2 Å². The summed E-state index contributed by atoms with van der Waals surface area (Å²) in [5.41, 5.74) is 0.842. The van der Waals surface area contributed by atoms with Gasteiger partial charge in [0.05, 0.1) is 8.55 Å². The van der Waals surface area contributed by atoms with Gasteiger partial charge >= 0.3 is 0 Å². The van der Waals surface area contributed by atoms with Crippen LogP contribution in [0.4, 0.5) is 0 Å². The lowest BCUT2D eigenvalue weighted by atomic mass is 9.89. The summed E-state index contributed by atoms with van der Waals surface area (Å²) in [6.45, 7) is 0. The number of rotatable bonds is 1. The van der Waals surface area contributed by atoms with E-state index in [0.717, 1.165) is 27.1 Å². The first kappa shape index (κ1) is 20.5. The van der Waals surface area contributed by atoms with Crippen LogP contribution in [0, 0.1) is 0 Å². The molecule has 0 radical (unpaired) electrons. The predicted molar refractivity (Wildman–Crippen MR) is 150 cm³/mol. The van der Waals surface area contributed by atoms with Gasteiger partial charge < -0.3 is 14.3 Å². The number of aliphatic hydroxyl groups is 1. The average Bonchev–Trinajstić information content (AvgIpc) is 2.84. The van der Waals surface area contributed by atoms with Crippen LogP contribution in [-0.4, -0.2) is 36.3 Å². The Hall–Kier alpha value is -2.85. The van der Waals surface area contributed by atoms with Crippen molar-refractivity contribution in [2.45, 2.75) is 11.8 Å². The van der Waals surface area contributed by atoms with Crippen LogP contribution in [-0.2, 0) is 10.2 Å². The van der Waals surface area contributed by atoms with Gasteiger partial charge in [0.2, 0.25) is 0 Å². The maximum atomic E-state index is 11.8. The van der Waals surface area contributed by atoms with Gasteiger partial charge in [0.1, 0.15) is 9.28 Å². The van der Waals surface area contributed by atoms with Crippen LogP contribution in [0.3, 0.4) is 0 Å². The first-order chi connectivity index (χ1) is 16.6. The van der Waals surface area contributed by atoms with Crippen molar-refractivity contribution in [2.24, 2.45) is 0 Å². The van der Waals surface area contributed by atoms with E-state index in [1.165, 1.54) is 32.3 Å². The maximum Gasteiger partial charge on any atom is 0.182 e. The monoisotopic (exact) mass is 492 g/mol. The molecule has 1 aliphatic rings. The average molecular weight is 493 g/mol. The minimum absolute atomic E-state index is 0.400. The Balaban J connectivity index is 1.60. The van der Waals surface area contributed by atoms with E-state index in [2.05, 4.69) is 78.9 Å². The molecule has 6 aromatic carbocycles. The molecule has 7 rings (SSSR count). The molecule has 0 aromatic heterocycles. The van der Waals surface area contributed by atoms with Crippen LogP contribution in [0.1, 0.15) is 5.56 Å². The van der Waals surface area contributed by atoms with E-state index in [4.69, 9.17) is 4.43 Å². The molecule has 6 heteroatoms. The fraction of sp³-hybridized carbons (Fsp3) is 0.0714. The largest absolute Gasteiger partial charge is 0.438 e. The Bertz CT molecular complexity index is 1770. The molecule has 34 heavy (non-hydrogen) atoms.